The van der Waals surface area contributed by atoms with Crippen molar-refractivity contribution in [2.24, 2.45) is 5.92 Å². The van der Waals surface area contributed by atoms with E-state index in [9.17, 15) is 9.50 Å². The molecule has 2 rings (SSSR count). The summed E-state index contributed by atoms with van der Waals surface area (Å²) < 4.78 is 18.0. The highest BCUT2D eigenvalue weighted by molar-refractivity contribution is 5.28. The predicted molar refractivity (Wildman–Crippen MR) is 77.9 cm³/mol. The van der Waals surface area contributed by atoms with Crippen molar-refractivity contribution in [3.63, 3.8) is 0 Å². The molecule has 7 heteroatoms. The fourth-order valence-corrected chi connectivity index (χ4v) is 2.59. The molecule has 0 unspecified atom stereocenters. The Morgan fingerprint density at radius 2 is 2.43 bits per heavy atom. The Kier molecular flexibility index (Phi) is 6.13. The summed E-state index contributed by atoms with van der Waals surface area (Å²) in [6.07, 6.45) is 4.32. The van der Waals surface area contributed by atoms with Crippen LogP contribution in [0.3, 0.4) is 0 Å². The average Bonchev–Trinajstić information content (AvgIpc) is 2.53. The molecule has 0 aromatic carbocycles. The van der Waals surface area contributed by atoms with Crippen LogP contribution in [0.15, 0.2) is 6.20 Å². The molecule has 0 saturated carbocycles. The summed E-state index contributed by atoms with van der Waals surface area (Å²) in [5.41, 5.74) is 0. The summed E-state index contributed by atoms with van der Waals surface area (Å²) in [4.78, 5) is 10.2. The van der Waals surface area contributed by atoms with Gasteiger partial charge in [-0.1, -0.05) is 0 Å². The monoisotopic (exact) mass is 298 g/mol. The van der Waals surface area contributed by atoms with E-state index in [0.29, 0.717) is 11.9 Å². The zero-order chi connectivity index (χ0) is 15.1. The van der Waals surface area contributed by atoms with Crippen molar-refractivity contribution in [2.45, 2.75) is 19.3 Å². The Morgan fingerprint density at radius 3 is 3.19 bits per heavy atom. The van der Waals surface area contributed by atoms with Crippen LogP contribution >= 0.6 is 0 Å². The van der Waals surface area contributed by atoms with E-state index >= 15 is 0 Å². The normalized spacial score (nSPS) is 19.5. The maximum absolute atomic E-state index is 13.2. The van der Waals surface area contributed by atoms with Gasteiger partial charge in [0.1, 0.15) is 0 Å². The fourth-order valence-electron chi connectivity index (χ4n) is 2.59. The number of halogens is 1. The first-order chi connectivity index (χ1) is 10.2. The van der Waals surface area contributed by atoms with Gasteiger partial charge in [-0.25, -0.2) is 4.98 Å². The first kappa shape index (κ1) is 15.9. The molecule has 0 bridgehead atoms. The summed E-state index contributed by atoms with van der Waals surface area (Å²) in [5.74, 6) is 0.178. The number of methoxy groups -OCH3 is 1. The van der Waals surface area contributed by atoms with Gasteiger partial charge in [0, 0.05) is 19.7 Å². The average molecular weight is 298 g/mol. The fraction of sp³-hybridized carbons (Fsp3) is 0.714. The first-order valence-corrected chi connectivity index (χ1v) is 7.36. The molecule has 6 nitrogen and oxygen atoms in total. The van der Waals surface area contributed by atoms with Gasteiger partial charge in [-0.3, -0.25) is 0 Å². The lowest BCUT2D eigenvalue weighted by Gasteiger charge is -2.31. The Bertz CT molecular complexity index is 447. The number of aromatic nitrogens is 2. The number of anilines is 1. The highest BCUT2D eigenvalue weighted by atomic mass is 19.1. The van der Waals surface area contributed by atoms with E-state index in [1.165, 1.54) is 7.11 Å². The molecule has 1 aliphatic rings. The number of aliphatic hydroxyl groups is 1. The van der Waals surface area contributed by atoms with Crippen molar-refractivity contribution in [3.05, 3.63) is 12.0 Å². The van der Waals surface area contributed by atoms with Crippen LogP contribution in [-0.2, 0) is 0 Å². The van der Waals surface area contributed by atoms with Crippen LogP contribution in [0.25, 0.3) is 0 Å². The third-order valence-electron chi connectivity index (χ3n) is 3.70. The molecule has 21 heavy (non-hydrogen) atoms. The molecule has 0 spiro atoms. The number of piperidine rings is 1. The van der Waals surface area contributed by atoms with E-state index in [0.717, 1.165) is 51.6 Å². The minimum atomic E-state index is -0.564. The number of hydrogen-bond acceptors (Lipinski definition) is 6. The number of hydrogen-bond donors (Lipinski definition) is 2. The lowest BCUT2D eigenvalue weighted by atomic mass is 9.99. The van der Waals surface area contributed by atoms with Crippen molar-refractivity contribution in [1.29, 1.82) is 0 Å². The van der Waals surface area contributed by atoms with Crippen molar-refractivity contribution in [1.82, 2.24) is 14.9 Å². The van der Waals surface area contributed by atoms with Gasteiger partial charge in [-0.15, -0.1) is 0 Å². The second-order valence-corrected chi connectivity index (χ2v) is 5.32. The Balaban J connectivity index is 1.70. The van der Waals surface area contributed by atoms with Crippen LogP contribution in [0.1, 0.15) is 19.3 Å². The van der Waals surface area contributed by atoms with Gasteiger partial charge in [0.2, 0.25) is 11.8 Å². The van der Waals surface area contributed by atoms with Crippen molar-refractivity contribution in [2.75, 3.05) is 45.2 Å². The standard InChI is InChI=1S/C14H23FN4O2/c1-21-13-12(15)8-17-14(18-13)16-5-3-7-19-6-2-4-11(9-19)10-20/h8,11,20H,2-7,9-10H2,1H3,(H,16,17,18)/t11-/m1/s1. The lowest BCUT2D eigenvalue weighted by Crippen LogP contribution is -2.37. The number of nitrogens with one attached hydrogen (secondary N) is 1. The molecular formula is C14H23FN4O2. The quantitative estimate of drug-likeness (QED) is 0.735. The second-order valence-electron chi connectivity index (χ2n) is 5.32. The zero-order valence-electron chi connectivity index (χ0n) is 12.4. The van der Waals surface area contributed by atoms with Crippen LogP contribution in [-0.4, -0.2) is 59.9 Å². The lowest BCUT2D eigenvalue weighted by molar-refractivity contribution is 0.120. The number of nitrogens with zero attached hydrogens (tertiary/aromatic N) is 3. The highest BCUT2D eigenvalue weighted by Crippen LogP contribution is 2.16. The Morgan fingerprint density at radius 1 is 1.57 bits per heavy atom. The van der Waals surface area contributed by atoms with Gasteiger partial charge in [0.25, 0.3) is 5.88 Å². The molecule has 1 atom stereocenters. The predicted octanol–water partition coefficient (Wildman–Crippen LogP) is 1.13. The highest BCUT2D eigenvalue weighted by Gasteiger charge is 2.18. The maximum Gasteiger partial charge on any atom is 0.255 e. The summed E-state index contributed by atoms with van der Waals surface area (Å²) in [6.45, 7) is 4.03. The summed E-state index contributed by atoms with van der Waals surface area (Å²) in [5, 5.41) is 12.3. The van der Waals surface area contributed by atoms with Crippen LogP contribution < -0.4 is 10.1 Å². The molecular weight excluding hydrogens is 275 g/mol. The van der Waals surface area contributed by atoms with Crippen LogP contribution in [0, 0.1) is 11.7 Å². The van der Waals surface area contributed by atoms with E-state index in [1.807, 2.05) is 0 Å². The summed E-state index contributed by atoms with van der Waals surface area (Å²) >= 11 is 0. The van der Waals surface area contributed by atoms with Crippen molar-refractivity contribution >= 4 is 5.95 Å². The largest absolute Gasteiger partial charge is 0.479 e. The minimum Gasteiger partial charge on any atom is -0.479 e. The Labute approximate surface area is 124 Å². The van der Waals surface area contributed by atoms with Crippen LogP contribution in [0.4, 0.5) is 10.3 Å². The number of ether oxygens (including phenoxy) is 1. The molecule has 1 fully saturated rings. The molecule has 1 saturated heterocycles. The van der Waals surface area contributed by atoms with Gasteiger partial charge in [0.05, 0.1) is 13.3 Å². The Hall–Kier alpha value is -1.47. The van der Waals surface area contributed by atoms with Gasteiger partial charge in [-0.05, 0) is 38.3 Å². The van der Waals surface area contributed by atoms with Gasteiger partial charge in [0.15, 0.2) is 0 Å². The van der Waals surface area contributed by atoms with Gasteiger partial charge in [-0.2, -0.15) is 9.37 Å². The third kappa shape index (κ3) is 4.78. The first-order valence-electron chi connectivity index (χ1n) is 7.36. The van der Waals surface area contributed by atoms with Crippen LogP contribution in [0.2, 0.25) is 0 Å². The van der Waals surface area contributed by atoms with E-state index < -0.39 is 5.82 Å². The summed E-state index contributed by atoms with van der Waals surface area (Å²) in [7, 11) is 1.38. The molecule has 1 aromatic rings. The molecule has 1 aromatic heterocycles. The molecule has 0 radical (unpaired) electrons. The van der Waals surface area contributed by atoms with E-state index in [-0.39, 0.29) is 12.5 Å². The minimum absolute atomic E-state index is 0.0469. The summed E-state index contributed by atoms with van der Waals surface area (Å²) in [6, 6.07) is 0. The maximum atomic E-state index is 13.2. The molecule has 0 aliphatic carbocycles. The number of likely N-dealkylation sites (tertiary alicyclic amines) is 1. The van der Waals surface area contributed by atoms with Gasteiger partial charge < -0.3 is 20.1 Å². The third-order valence-corrected chi connectivity index (χ3v) is 3.70. The molecule has 2 heterocycles. The number of aliphatic hydroxyl groups excluding tert-OH is 1. The van der Waals surface area contributed by atoms with Crippen molar-refractivity contribution in [3.8, 4) is 5.88 Å². The van der Waals surface area contributed by atoms with Crippen molar-refractivity contribution < 1.29 is 14.2 Å². The molecule has 2 N–H and O–H groups in total. The van der Waals surface area contributed by atoms with E-state index in [4.69, 9.17) is 4.74 Å². The van der Waals surface area contributed by atoms with E-state index in [1.54, 1.807) is 0 Å². The zero-order valence-corrected chi connectivity index (χ0v) is 12.4. The molecule has 118 valence electrons. The topological polar surface area (TPSA) is 70.5 Å². The molecule has 0 amide bonds. The molecule has 1 aliphatic heterocycles. The SMILES string of the molecule is COc1nc(NCCCN2CCC[C@@H](CO)C2)ncc1F. The second kappa shape index (κ2) is 8.09. The van der Waals surface area contributed by atoms with Gasteiger partial charge >= 0.3 is 0 Å². The smallest absolute Gasteiger partial charge is 0.255 e. The van der Waals surface area contributed by atoms with Crippen LogP contribution in [0.5, 0.6) is 5.88 Å². The number of rotatable bonds is 7. The van der Waals surface area contributed by atoms with E-state index in [2.05, 4.69) is 20.2 Å².